The number of esters is 1. The van der Waals surface area contributed by atoms with Gasteiger partial charge >= 0.3 is 5.97 Å². The molecule has 2 aromatic carbocycles. The molecule has 0 saturated carbocycles. The Morgan fingerprint density at radius 2 is 1.97 bits per heavy atom. The molecule has 1 atom stereocenters. The molecule has 1 amide bonds. The zero-order valence-corrected chi connectivity index (χ0v) is 16.8. The van der Waals surface area contributed by atoms with Gasteiger partial charge in [-0.3, -0.25) is 4.79 Å². The summed E-state index contributed by atoms with van der Waals surface area (Å²) in [6.07, 6.45) is 1.63. The van der Waals surface area contributed by atoms with Gasteiger partial charge in [0, 0.05) is 11.8 Å². The highest BCUT2D eigenvalue weighted by Gasteiger charge is 2.17. The van der Waals surface area contributed by atoms with Crippen molar-refractivity contribution in [1.29, 1.82) is 5.26 Å². The van der Waals surface area contributed by atoms with E-state index in [0.717, 1.165) is 0 Å². The highest BCUT2D eigenvalue weighted by molar-refractivity contribution is 6.32. The van der Waals surface area contributed by atoms with Crippen molar-refractivity contribution in [2.24, 2.45) is 0 Å². The van der Waals surface area contributed by atoms with Crippen molar-refractivity contribution in [3.05, 3.63) is 58.6 Å². The Kier molecular flexibility index (Phi) is 7.63. The van der Waals surface area contributed by atoms with E-state index < -0.39 is 18.0 Å². The van der Waals surface area contributed by atoms with Crippen LogP contribution in [0.2, 0.25) is 5.02 Å². The van der Waals surface area contributed by atoms with E-state index in [9.17, 15) is 9.59 Å². The maximum Gasteiger partial charge on any atom is 0.331 e. The van der Waals surface area contributed by atoms with E-state index in [0.29, 0.717) is 33.3 Å². The van der Waals surface area contributed by atoms with Gasteiger partial charge in [0.2, 0.25) is 0 Å². The van der Waals surface area contributed by atoms with E-state index in [1.807, 2.05) is 6.07 Å². The Bertz CT molecular complexity index is 982. The fourth-order valence-corrected chi connectivity index (χ4v) is 2.67. The third kappa shape index (κ3) is 5.99. The molecule has 2 rings (SSSR count). The monoisotopic (exact) mass is 414 g/mol. The molecule has 0 aliphatic rings. The first kappa shape index (κ1) is 21.8. The van der Waals surface area contributed by atoms with Crippen LogP contribution in [0.25, 0.3) is 6.08 Å². The number of nitrogens with zero attached hydrogens (tertiary/aromatic N) is 1. The zero-order chi connectivity index (χ0) is 21.4. The maximum absolute atomic E-state index is 12.2. The lowest BCUT2D eigenvalue weighted by Gasteiger charge is -2.12. The molecule has 0 saturated heterocycles. The van der Waals surface area contributed by atoms with Crippen molar-refractivity contribution in [1.82, 2.24) is 0 Å². The SMILES string of the molecule is COc1cc(/C=C/C(=O)O[C@H](C)C(=O)Nc2cccc(C#N)c2)cc(Cl)c1OC. The molecule has 1 N–H and O–H groups in total. The molecule has 0 aromatic heterocycles. The smallest absolute Gasteiger partial charge is 0.331 e. The minimum atomic E-state index is -1.04. The molecule has 0 fully saturated rings. The lowest BCUT2D eigenvalue weighted by atomic mass is 10.2. The Hall–Kier alpha value is -3.50. The summed E-state index contributed by atoms with van der Waals surface area (Å²) >= 11 is 6.13. The first-order chi connectivity index (χ1) is 13.9. The summed E-state index contributed by atoms with van der Waals surface area (Å²) in [7, 11) is 2.95. The number of nitrogens with one attached hydrogen (secondary N) is 1. The van der Waals surface area contributed by atoms with Crippen molar-refractivity contribution < 1.29 is 23.8 Å². The topological polar surface area (TPSA) is 97.6 Å². The van der Waals surface area contributed by atoms with Gasteiger partial charge in [0.1, 0.15) is 0 Å². The predicted octanol–water partition coefficient (Wildman–Crippen LogP) is 3.81. The van der Waals surface area contributed by atoms with Crippen LogP contribution < -0.4 is 14.8 Å². The molecule has 0 radical (unpaired) electrons. The van der Waals surface area contributed by atoms with Crippen LogP contribution in [0, 0.1) is 11.3 Å². The fourth-order valence-electron chi connectivity index (χ4n) is 2.38. The molecular formula is C21H19ClN2O5. The molecule has 0 aliphatic heterocycles. The molecule has 0 heterocycles. The van der Waals surface area contributed by atoms with Crippen molar-refractivity contribution in [2.75, 3.05) is 19.5 Å². The summed E-state index contributed by atoms with van der Waals surface area (Å²) in [5.74, 6) is -0.416. The number of hydrogen-bond acceptors (Lipinski definition) is 6. The van der Waals surface area contributed by atoms with Crippen LogP contribution in [0.5, 0.6) is 11.5 Å². The van der Waals surface area contributed by atoms with E-state index in [2.05, 4.69) is 5.32 Å². The number of ether oxygens (including phenoxy) is 3. The molecule has 0 aliphatic carbocycles. The molecular weight excluding hydrogens is 396 g/mol. The second kappa shape index (κ2) is 10.2. The number of amides is 1. The van der Waals surface area contributed by atoms with Gasteiger partial charge in [0.15, 0.2) is 17.6 Å². The highest BCUT2D eigenvalue weighted by Crippen LogP contribution is 2.36. The van der Waals surface area contributed by atoms with Crippen molar-refractivity contribution in [3.8, 4) is 17.6 Å². The third-order valence-electron chi connectivity index (χ3n) is 3.79. The van der Waals surface area contributed by atoms with Gasteiger partial charge in [-0.1, -0.05) is 17.7 Å². The number of carbonyl (C=O) groups is 2. The summed E-state index contributed by atoms with van der Waals surface area (Å²) in [5.41, 5.74) is 1.44. The summed E-state index contributed by atoms with van der Waals surface area (Å²) in [4.78, 5) is 24.2. The van der Waals surface area contributed by atoms with Crippen LogP contribution >= 0.6 is 11.6 Å². The fraction of sp³-hybridized carbons (Fsp3) is 0.190. The normalized spacial score (nSPS) is 11.4. The minimum Gasteiger partial charge on any atom is -0.493 e. The molecule has 8 heteroatoms. The predicted molar refractivity (Wildman–Crippen MR) is 109 cm³/mol. The van der Waals surface area contributed by atoms with Gasteiger partial charge in [0.05, 0.1) is 30.9 Å². The van der Waals surface area contributed by atoms with E-state index in [4.69, 9.17) is 31.1 Å². The average Bonchev–Trinajstić information content (AvgIpc) is 2.71. The second-order valence-electron chi connectivity index (χ2n) is 5.83. The molecule has 7 nitrogen and oxygen atoms in total. The number of anilines is 1. The van der Waals surface area contributed by atoms with Crippen molar-refractivity contribution >= 4 is 35.2 Å². The summed E-state index contributed by atoms with van der Waals surface area (Å²) in [5, 5.41) is 11.8. The van der Waals surface area contributed by atoms with Crippen molar-refractivity contribution in [3.63, 3.8) is 0 Å². The number of nitriles is 1. The zero-order valence-electron chi connectivity index (χ0n) is 16.1. The molecule has 0 bridgehead atoms. The molecule has 0 unspecified atom stereocenters. The lowest BCUT2D eigenvalue weighted by molar-refractivity contribution is -0.148. The van der Waals surface area contributed by atoms with Crippen molar-refractivity contribution in [2.45, 2.75) is 13.0 Å². The Morgan fingerprint density at radius 1 is 1.21 bits per heavy atom. The second-order valence-corrected chi connectivity index (χ2v) is 6.24. The number of halogens is 1. The van der Waals surface area contributed by atoms with E-state index in [1.54, 1.807) is 30.3 Å². The Balaban J connectivity index is 2.00. The number of hydrogen-bond donors (Lipinski definition) is 1. The van der Waals surface area contributed by atoms with E-state index in [-0.39, 0.29) is 0 Å². The number of carbonyl (C=O) groups excluding carboxylic acids is 2. The summed E-state index contributed by atoms with van der Waals surface area (Å²) < 4.78 is 15.5. The average molecular weight is 415 g/mol. The van der Waals surface area contributed by atoms with Gasteiger partial charge < -0.3 is 19.5 Å². The van der Waals surface area contributed by atoms with Crippen LogP contribution in [0.15, 0.2) is 42.5 Å². The summed E-state index contributed by atoms with van der Waals surface area (Å²) in [6.45, 7) is 1.45. The Labute approximate surface area is 173 Å². The van der Waals surface area contributed by atoms with Crippen LogP contribution in [0.1, 0.15) is 18.1 Å². The van der Waals surface area contributed by atoms with Gasteiger partial charge in [-0.15, -0.1) is 0 Å². The summed E-state index contributed by atoms with van der Waals surface area (Å²) in [6, 6.07) is 11.6. The standard InChI is InChI=1S/C21H19ClN2O5/c1-13(21(26)24-16-6-4-5-15(9-16)12-23)29-19(25)8-7-14-10-17(22)20(28-3)18(11-14)27-2/h4-11,13H,1-3H3,(H,24,26)/b8-7+/t13-/m1/s1. The number of benzene rings is 2. The molecule has 0 spiro atoms. The Morgan fingerprint density at radius 3 is 2.62 bits per heavy atom. The quantitative estimate of drug-likeness (QED) is 0.546. The number of methoxy groups -OCH3 is 2. The van der Waals surface area contributed by atoms with Crippen LogP contribution in [-0.2, 0) is 14.3 Å². The largest absolute Gasteiger partial charge is 0.493 e. The maximum atomic E-state index is 12.2. The van der Waals surface area contributed by atoms with E-state index >= 15 is 0 Å². The van der Waals surface area contributed by atoms with Gasteiger partial charge in [0.25, 0.3) is 5.91 Å². The highest BCUT2D eigenvalue weighted by atomic mass is 35.5. The first-order valence-corrected chi connectivity index (χ1v) is 8.87. The molecule has 29 heavy (non-hydrogen) atoms. The van der Waals surface area contributed by atoms with E-state index in [1.165, 1.54) is 39.4 Å². The van der Waals surface area contributed by atoms with Gasteiger partial charge in [-0.25, -0.2) is 4.79 Å². The van der Waals surface area contributed by atoms with Crippen LogP contribution in [0.3, 0.4) is 0 Å². The van der Waals surface area contributed by atoms with Crippen LogP contribution in [0.4, 0.5) is 5.69 Å². The first-order valence-electron chi connectivity index (χ1n) is 8.49. The molecule has 150 valence electrons. The lowest BCUT2D eigenvalue weighted by Crippen LogP contribution is -2.29. The molecule has 2 aromatic rings. The van der Waals surface area contributed by atoms with Crippen LogP contribution in [-0.4, -0.2) is 32.2 Å². The number of rotatable bonds is 7. The minimum absolute atomic E-state index is 0.326. The van der Waals surface area contributed by atoms with Gasteiger partial charge in [-0.05, 0) is 48.9 Å². The third-order valence-corrected chi connectivity index (χ3v) is 4.07. The van der Waals surface area contributed by atoms with Gasteiger partial charge in [-0.2, -0.15) is 5.26 Å².